The largest absolute Gasteiger partial charge is 0.320 e. The fourth-order valence-electron chi connectivity index (χ4n) is 1.92. The predicted octanol–water partition coefficient (Wildman–Crippen LogP) is 0.648. The third kappa shape index (κ3) is 3.35. The number of thioether (sulfide) groups is 1. The van der Waals surface area contributed by atoms with Crippen molar-refractivity contribution in [1.82, 2.24) is 10.2 Å². The first-order chi connectivity index (χ1) is 9.10. The lowest BCUT2D eigenvalue weighted by Crippen LogP contribution is -2.53. The van der Waals surface area contributed by atoms with E-state index < -0.39 is 11.8 Å². The average Bonchev–Trinajstić information content (AvgIpc) is 2.37. The van der Waals surface area contributed by atoms with Crippen LogP contribution in [0.1, 0.15) is 15.9 Å². The topological polar surface area (TPSA) is 66.5 Å². The van der Waals surface area contributed by atoms with E-state index in [0.29, 0.717) is 5.56 Å². The Kier molecular flexibility index (Phi) is 4.21. The smallest absolute Gasteiger partial charge is 0.254 e. The van der Waals surface area contributed by atoms with Gasteiger partial charge in [0.15, 0.2) is 0 Å². The zero-order valence-corrected chi connectivity index (χ0v) is 11.3. The molecule has 0 aromatic heterocycles. The summed E-state index contributed by atoms with van der Waals surface area (Å²) in [6.45, 7) is -0.144. The number of carbonyl (C=O) groups is 3. The Balaban J connectivity index is 2.16. The van der Waals surface area contributed by atoms with Crippen molar-refractivity contribution in [2.24, 2.45) is 0 Å². The van der Waals surface area contributed by atoms with Gasteiger partial charge in [-0.15, -0.1) is 0 Å². The van der Waals surface area contributed by atoms with E-state index in [1.54, 1.807) is 23.9 Å². The molecule has 1 aliphatic rings. The van der Waals surface area contributed by atoms with Crippen molar-refractivity contribution in [2.45, 2.75) is 5.75 Å². The van der Waals surface area contributed by atoms with Gasteiger partial charge in [0.1, 0.15) is 13.1 Å². The highest BCUT2D eigenvalue weighted by Gasteiger charge is 2.26. The molecule has 2 rings (SSSR count). The van der Waals surface area contributed by atoms with Crippen LogP contribution >= 0.6 is 11.8 Å². The van der Waals surface area contributed by atoms with Crippen molar-refractivity contribution >= 4 is 29.5 Å². The number of hydrogen-bond donors (Lipinski definition) is 1. The van der Waals surface area contributed by atoms with E-state index in [9.17, 15) is 14.4 Å². The molecule has 1 aromatic carbocycles. The van der Waals surface area contributed by atoms with Crippen molar-refractivity contribution < 1.29 is 14.4 Å². The van der Waals surface area contributed by atoms with Crippen molar-refractivity contribution in [3.63, 3.8) is 0 Å². The molecule has 0 aliphatic carbocycles. The van der Waals surface area contributed by atoms with Gasteiger partial charge in [0.2, 0.25) is 11.8 Å². The van der Waals surface area contributed by atoms with Crippen LogP contribution in [0.3, 0.4) is 0 Å². The molecule has 0 radical (unpaired) electrons. The van der Waals surface area contributed by atoms with Crippen LogP contribution < -0.4 is 5.32 Å². The van der Waals surface area contributed by atoms with Gasteiger partial charge < -0.3 is 4.90 Å². The van der Waals surface area contributed by atoms with Crippen LogP contribution in [0.25, 0.3) is 0 Å². The lowest BCUT2D eigenvalue weighted by molar-refractivity contribution is -0.135. The molecule has 1 aromatic rings. The number of imide groups is 1. The highest BCUT2D eigenvalue weighted by molar-refractivity contribution is 7.97. The molecule has 1 saturated heterocycles. The Labute approximate surface area is 115 Å². The summed E-state index contributed by atoms with van der Waals surface area (Å²) >= 11 is 1.67. The summed E-state index contributed by atoms with van der Waals surface area (Å²) in [5, 5.41) is 2.17. The minimum atomic E-state index is -0.440. The summed E-state index contributed by atoms with van der Waals surface area (Å²) in [6.07, 6.45) is 1.99. The van der Waals surface area contributed by atoms with Crippen LogP contribution in [0.2, 0.25) is 0 Å². The molecule has 100 valence electrons. The van der Waals surface area contributed by atoms with E-state index in [1.165, 1.54) is 4.90 Å². The lowest BCUT2D eigenvalue weighted by atomic mass is 10.1. The quantitative estimate of drug-likeness (QED) is 0.824. The summed E-state index contributed by atoms with van der Waals surface area (Å²) < 4.78 is 0. The minimum absolute atomic E-state index is 0.0721. The third-order valence-electron chi connectivity index (χ3n) is 2.72. The number of nitrogens with one attached hydrogen (secondary N) is 1. The van der Waals surface area contributed by atoms with Gasteiger partial charge in [0, 0.05) is 11.3 Å². The zero-order chi connectivity index (χ0) is 13.8. The molecule has 1 aliphatic heterocycles. The molecular formula is C13H14N2O3S. The first kappa shape index (κ1) is 13.6. The molecule has 0 bridgehead atoms. The van der Waals surface area contributed by atoms with Crippen molar-refractivity contribution in [2.75, 3.05) is 19.3 Å². The van der Waals surface area contributed by atoms with Gasteiger partial charge in [-0.2, -0.15) is 11.8 Å². The van der Waals surface area contributed by atoms with Gasteiger partial charge in [-0.1, -0.05) is 12.1 Å². The molecule has 0 unspecified atom stereocenters. The van der Waals surface area contributed by atoms with E-state index >= 15 is 0 Å². The second kappa shape index (κ2) is 5.88. The molecule has 5 nitrogen and oxygen atoms in total. The Morgan fingerprint density at radius 2 is 2.00 bits per heavy atom. The summed E-state index contributed by atoms with van der Waals surface area (Å²) in [6, 6.07) is 7.25. The molecule has 3 amide bonds. The van der Waals surface area contributed by atoms with E-state index in [2.05, 4.69) is 5.32 Å². The van der Waals surface area contributed by atoms with Crippen LogP contribution in [-0.2, 0) is 15.3 Å². The Morgan fingerprint density at radius 3 is 2.63 bits per heavy atom. The molecule has 19 heavy (non-hydrogen) atoms. The predicted molar refractivity (Wildman–Crippen MR) is 72.7 cm³/mol. The van der Waals surface area contributed by atoms with Crippen LogP contribution in [0, 0.1) is 0 Å². The van der Waals surface area contributed by atoms with Crippen molar-refractivity contribution in [3.8, 4) is 0 Å². The summed E-state index contributed by atoms with van der Waals surface area (Å²) in [7, 11) is 0. The highest BCUT2D eigenvalue weighted by Crippen LogP contribution is 2.13. The van der Waals surface area contributed by atoms with E-state index in [-0.39, 0.29) is 19.0 Å². The maximum absolute atomic E-state index is 12.2. The lowest BCUT2D eigenvalue weighted by Gasteiger charge is -2.25. The number of hydrogen-bond acceptors (Lipinski definition) is 4. The molecule has 1 N–H and O–H groups in total. The SMILES string of the molecule is CSCc1cccc(C(=O)N2CC(=O)NC(=O)C2)c1. The Hall–Kier alpha value is -1.82. The first-order valence-corrected chi connectivity index (χ1v) is 7.19. The van der Waals surface area contributed by atoms with E-state index in [0.717, 1.165) is 11.3 Å². The molecule has 0 saturated carbocycles. The number of benzene rings is 1. The van der Waals surface area contributed by atoms with E-state index in [4.69, 9.17) is 0 Å². The van der Waals surface area contributed by atoms with Crippen molar-refractivity contribution in [1.29, 1.82) is 0 Å². The van der Waals surface area contributed by atoms with Gasteiger partial charge in [0.05, 0.1) is 0 Å². The number of rotatable bonds is 3. The van der Waals surface area contributed by atoms with Gasteiger partial charge >= 0.3 is 0 Å². The van der Waals surface area contributed by atoms with Crippen LogP contribution in [0.4, 0.5) is 0 Å². The van der Waals surface area contributed by atoms with Gasteiger partial charge in [-0.05, 0) is 24.0 Å². The number of piperazine rings is 1. The second-order valence-corrected chi connectivity index (χ2v) is 5.13. The zero-order valence-electron chi connectivity index (χ0n) is 10.5. The summed E-state index contributed by atoms with van der Waals surface area (Å²) in [5.41, 5.74) is 1.56. The number of amides is 3. The molecule has 0 atom stereocenters. The molecule has 0 spiro atoms. The van der Waals surface area contributed by atoms with Gasteiger partial charge in [-0.25, -0.2) is 0 Å². The second-order valence-electron chi connectivity index (χ2n) is 4.27. The summed E-state index contributed by atoms with van der Waals surface area (Å²) in [4.78, 5) is 36.0. The Morgan fingerprint density at radius 1 is 1.32 bits per heavy atom. The van der Waals surface area contributed by atoms with Crippen LogP contribution in [0.15, 0.2) is 24.3 Å². The molecule has 6 heteroatoms. The highest BCUT2D eigenvalue weighted by atomic mass is 32.2. The maximum Gasteiger partial charge on any atom is 0.254 e. The van der Waals surface area contributed by atoms with Crippen molar-refractivity contribution in [3.05, 3.63) is 35.4 Å². The molecule has 1 heterocycles. The standard InChI is InChI=1S/C13H14N2O3S/c1-19-8-9-3-2-4-10(5-9)13(18)15-6-11(16)14-12(17)7-15/h2-5H,6-8H2,1H3,(H,14,16,17). The van der Waals surface area contributed by atoms with Gasteiger partial charge in [-0.3, -0.25) is 19.7 Å². The normalized spacial score (nSPS) is 15.3. The monoisotopic (exact) mass is 278 g/mol. The fourth-order valence-corrected chi connectivity index (χ4v) is 2.44. The minimum Gasteiger partial charge on any atom is -0.320 e. The number of nitrogens with zero attached hydrogens (tertiary/aromatic N) is 1. The third-order valence-corrected chi connectivity index (χ3v) is 3.34. The molecular weight excluding hydrogens is 264 g/mol. The van der Waals surface area contributed by atoms with E-state index in [1.807, 2.05) is 18.4 Å². The Bertz CT molecular complexity index is 514. The number of carbonyl (C=O) groups excluding carboxylic acids is 3. The molecule has 1 fully saturated rings. The first-order valence-electron chi connectivity index (χ1n) is 5.80. The average molecular weight is 278 g/mol. The van der Waals surface area contributed by atoms with Gasteiger partial charge in [0.25, 0.3) is 5.91 Å². The summed E-state index contributed by atoms with van der Waals surface area (Å²) in [5.74, 6) is -0.346. The maximum atomic E-state index is 12.2. The fraction of sp³-hybridized carbons (Fsp3) is 0.308. The van der Waals surface area contributed by atoms with Crippen LogP contribution in [-0.4, -0.2) is 42.0 Å². The van der Waals surface area contributed by atoms with Crippen LogP contribution in [0.5, 0.6) is 0 Å².